The Labute approximate surface area is 108 Å². The maximum Gasteiger partial charge on any atom is 0.143 e. The van der Waals surface area contributed by atoms with E-state index >= 15 is 0 Å². The van der Waals surface area contributed by atoms with Crippen LogP contribution < -0.4 is 15.4 Å². The molecule has 2 atom stereocenters. The van der Waals surface area contributed by atoms with Crippen LogP contribution in [0.3, 0.4) is 0 Å². The fourth-order valence-electron chi connectivity index (χ4n) is 2.37. The van der Waals surface area contributed by atoms with Gasteiger partial charge in [-0.2, -0.15) is 0 Å². The van der Waals surface area contributed by atoms with Gasteiger partial charge < -0.3 is 20.5 Å². The highest BCUT2D eigenvalue weighted by molar-refractivity contribution is 5.62. The van der Waals surface area contributed by atoms with Gasteiger partial charge in [-0.3, -0.25) is 0 Å². The van der Waals surface area contributed by atoms with Crippen molar-refractivity contribution in [2.45, 2.75) is 32.5 Å². The van der Waals surface area contributed by atoms with Crippen molar-refractivity contribution in [3.63, 3.8) is 0 Å². The van der Waals surface area contributed by atoms with E-state index in [1.807, 2.05) is 18.2 Å². The Morgan fingerprint density at radius 3 is 3.00 bits per heavy atom. The Morgan fingerprint density at radius 2 is 2.33 bits per heavy atom. The van der Waals surface area contributed by atoms with Crippen LogP contribution in [0, 0.1) is 0 Å². The summed E-state index contributed by atoms with van der Waals surface area (Å²) in [6, 6.07) is 5.81. The highest BCUT2D eigenvalue weighted by Crippen LogP contribution is 2.35. The first-order valence-electron chi connectivity index (χ1n) is 6.59. The summed E-state index contributed by atoms with van der Waals surface area (Å²) in [6.07, 6.45) is 0.697. The number of anilines is 1. The van der Waals surface area contributed by atoms with Crippen molar-refractivity contribution in [2.24, 2.45) is 5.73 Å². The summed E-state index contributed by atoms with van der Waals surface area (Å²) < 4.78 is 5.82. The maximum absolute atomic E-state index is 9.81. The first-order chi connectivity index (χ1) is 8.65. The van der Waals surface area contributed by atoms with Gasteiger partial charge in [0.1, 0.15) is 11.9 Å². The number of hydrogen-bond donors (Lipinski definition) is 2. The number of nitrogens with two attached hydrogens (primary N) is 1. The molecular formula is C14H22N2O2. The number of aliphatic hydroxyl groups is 1. The molecule has 0 aliphatic carbocycles. The van der Waals surface area contributed by atoms with Crippen LogP contribution in [0.15, 0.2) is 18.2 Å². The molecule has 0 saturated heterocycles. The number of rotatable bonds is 4. The smallest absolute Gasteiger partial charge is 0.143 e. The zero-order chi connectivity index (χ0) is 13.1. The van der Waals surface area contributed by atoms with Crippen molar-refractivity contribution in [2.75, 3.05) is 24.5 Å². The standard InChI is InChI=1S/C14H22N2O2/c1-3-6-16-9-10(2)18-14-5-4-11(7-12(14)16)13(17)8-15/h4-5,7,10,13,17H,3,6,8-9,15H2,1-2H3. The number of aliphatic hydroxyl groups excluding tert-OH is 1. The van der Waals surface area contributed by atoms with Crippen LogP contribution in [-0.2, 0) is 0 Å². The zero-order valence-electron chi connectivity index (χ0n) is 11.1. The largest absolute Gasteiger partial charge is 0.487 e. The van der Waals surface area contributed by atoms with E-state index < -0.39 is 6.10 Å². The van der Waals surface area contributed by atoms with Crippen molar-refractivity contribution >= 4 is 5.69 Å². The van der Waals surface area contributed by atoms with Crippen LogP contribution in [0.5, 0.6) is 5.75 Å². The van der Waals surface area contributed by atoms with E-state index in [0.717, 1.165) is 36.5 Å². The SMILES string of the molecule is CCCN1CC(C)Oc2ccc(C(O)CN)cc21. The third kappa shape index (κ3) is 2.60. The van der Waals surface area contributed by atoms with Gasteiger partial charge in [0.25, 0.3) is 0 Å². The molecule has 1 aromatic carbocycles. The Kier molecular flexibility index (Phi) is 4.09. The highest BCUT2D eigenvalue weighted by atomic mass is 16.5. The summed E-state index contributed by atoms with van der Waals surface area (Å²) in [6.45, 7) is 6.38. The van der Waals surface area contributed by atoms with E-state index in [9.17, 15) is 5.11 Å². The molecule has 1 aliphatic rings. The predicted octanol–water partition coefficient (Wildman–Crippen LogP) is 1.68. The van der Waals surface area contributed by atoms with Gasteiger partial charge in [0, 0.05) is 13.1 Å². The number of hydrogen-bond acceptors (Lipinski definition) is 4. The minimum absolute atomic E-state index is 0.203. The summed E-state index contributed by atoms with van der Waals surface area (Å²) in [5.41, 5.74) is 7.43. The number of ether oxygens (including phenoxy) is 1. The molecule has 3 N–H and O–H groups in total. The second-order valence-electron chi connectivity index (χ2n) is 4.85. The lowest BCUT2D eigenvalue weighted by Crippen LogP contribution is -2.38. The van der Waals surface area contributed by atoms with Crippen LogP contribution >= 0.6 is 0 Å². The maximum atomic E-state index is 9.81. The summed E-state index contributed by atoms with van der Waals surface area (Å²) in [4.78, 5) is 2.32. The Bertz CT molecular complexity index is 409. The molecule has 1 aromatic rings. The van der Waals surface area contributed by atoms with Crippen molar-refractivity contribution < 1.29 is 9.84 Å². The average molecular weight is 250 g/mol. The van der Waals surface area contributed by atoms with Gasteiger partial charge in [0.2, 0.25) is 0 Å². The van der Waals surface area contributed by atoms with E-state index in [2.05, 4.69) is 18.7 Å². The third-order valence-electron chi connectivity index (χ3n) is 3.23. The minimum Gasteiger partial charge on any atom is -0.487 e. The van der Waals surface area contributed by atoms with E-state index in [-0.39, 0.29) is 12.6 Å². The monoisotopic (exact) mass is 250 g/mol. The van der Waals surface area contributed by atoms with Gasteiger partial charge in [-0.15, -0.1) is 0 Å². The van der Waals surface area contributed by atoms with E-state index in [4.69, 9.17) is 10.5 Å². The molecule has 4 nitrogen and oxygen atoms in total. The van der Waals surface area contributed by atoms with Crippen LogP contribution in [0.2, 0.25) is 0 Å². The van der Waals surface area contributed by atoms with E-state index in [0.29, 0.717) is 0 Å². The Hall–Kier alpha value is -1.26. The van der Waals surface area contributed by atoms with E-state index in [1.54, 1.807) is 0 Å². The van der Waals surface area contributed by atoms with E-state index in [1.165, 1.54) is 0 Å². The molecule has 0 bridgehead atoms. The zero-order valence-corrected chi connectivity index (χ0v) is 11.1. The van der Waals surface area contributed by atoms with Gasteiger partial charge >= 0.3 is 0 Å². The molecule has 100 valence electrons. The third-order valence-corrected chi connectivity index (χ3v) is 3.23. The van der Waals surface area contributed by atoms with Crippen LogP contribution in [0.4, 0.5) is 5.69 Å². The molecule has 1 aliphatic heterocycles. The molecule has 4 heteroatoms. The molecule has 0 radical (unpaired) electrons. The molecule has 0 aromatic heterocycles. The van der Waals surface area contributed by atoms with Gasteiger partial charge in [0.05, 0.1) is 18.3 Å². The highest BCUT2D eigenvalue weighted by Gasteiger charge is 2.23. The van der Waals surface area contributed by atoms with Gasteiger partial charge in [-0.1, -0.05) is 13.0 Å². The summed E-state index contributed by atoms with van der Waals surface area (Å²) in [5.74, 6) is 0.898. The van der Waals surface area contributed by atoms with Crippen LogP contribution in [0.25, 0.3) is 0 Å². The molecule has 18 heavy (non-hydrogen) atoms. The Morgan fingerprint density at radius 1 is 1.56 bits per heavy atom. The summed E-state index contributed by atoms with van der Waals surface area (Å²) in [5, 5.41) is 9.81. The minimum atomic E-state index is -0.599. The van der Waals surface area contributed by atoms with Gasteiger partial charge in [-0.05, 0) is 31.0 Å². The first-order valence-corrected chi connectivity index (χ1v) is 6.59. The second-order valence-corrected chi connectivity index (χ2v) is 4.85. The lowest BCUT2D eigenvalue weighted by molar-refractivity contribution is 0.185. The van der Waals surface area contributed by atoms with Crippen LogP contribution in [-0.4, -0.2) is 30.8 Å². The lowest BCUT2D eigenvalue weighted by Gasteiger charge is -2.35. The summed E-state index contributed by atoms with van der Waals surface area (Å²) >= 11 is 0. The molecule has 0 saturated carbocycles. The van der Waals surface area contributed by atoms with Crippen molar-refractivity contribution in [3.8, 4) is 5.75 Å². The fourth-order valence-corrected chi connectivity index (χ4v) is 2.37. The Balaban J connectivity index is 2.33. The van der Waals surface area contributed by atoms with Crippen LogP contribution in [0.1, 0.15) is 31.9 Å². The topological polar surface area (TPSA) is 58.7 Å². The second kappa shape index (κ2) is 5.59. The first kappa shape index (κ1) is 13.2. The molecule has 0 amide bonds. The number of nitrogens with zero attached hydrogens (tertiary/aromatic N) is 1. The quantitative estimate of drug-likeness (QED) is 0.853. The fraction of sp³-hybridized carbons (Fsp3) is 0.571. The van der Waals surface area contributed by atoms with Gasteiger partial charge in [0.15, 0.2) is 0 Å². The summed E-state index contributed by atoms with van der Waals surface area (Å²) in [7, 11) is 0. The lowest BCUT2D eigenvalue weighted by atomic mass is 10.1. The van der Waals surface area contributed by atoms with Crippen molar-refractivity contribution in [1.29, 1.82) is 0 Å². The molecule has 0 spiro atoms. The number of fused-ring (bicyclic) bond motifs is 1. The molecule has 2 rings (SSSR count). The molecule has 1 heterocycles. The predicted molar refractivity (Wildman–Crippen MR) is 73.1 cm³/mol. The van der Waals surface area contributed by atoms with Gasteiger partial charge in [-0.25, -0.2) is 0 Å². The number of benzene rings is 1. The molecule has 0 fully saturated rings. The van der Waals surface area contributed by atoms with Crippen molar-refractivity contribution in [3.05, 3.63) is 23.8 Å². The molecule has 2 unspecified atom stereocenters. The normalized spacial score (nSPS) is 20.2. The van der Waals surface area contributed by atoms with Crippen molar-refractivity contribution in [1.82, 2.24) is 0 Å². The molecular weight excluding hydrogens is 228 g/mol. The average Bonchev–Trinajstić information content (AvgIpc) is 2.37.